The number of benzene rings is 2. The number of anilines is 1. The first-order valence-electron chi connectivity index (χ1n) is 11.2. The van der Waals surface area contributed by atoms with Crippen molar-refractivity contribution in [3.63, 3.8) is 0 Å². The fraction of sp³-hybridized carbons (Fsp3) is 0.269. The van der Waals surface area contributed by atoms with Gasteiger partial charge in [0.05, 0.1) is 0 Å². The SMILES string of the molecule is CN(C(=O)Nc1ccc(-c2cc(F)cc(F)c2)cc1)C1CCC(NC(=O)c2ccncc2)CC1. The van der Waals surface area contributed by atoms with Crippen LogP contribution in [-0.4, -0.2) is 41.0 Å². The Morgan fingerprint density at radius 2 is 1.50 bits per heavy atom. The molecule has 0 bridgehead atoms. The first-order chi connectivity index (χ1) is 16.4. The lowest BCUT2D eigenvalue weighted by molar-refractivity contribution is 0.0916. The smallest absolute Gasteiger partial charge is 0.321 e. The third-order valence-electron chi connectivity index (χ3n) is 6.17. The van der Waals surface area contributed by atoms with E-state index >= 15 is 0 Å². The van der Waals surface area contributed by atoms with Crippen molar-refractivity contribution in [1.82, 2.24) is 15.2 Å². The Balaban J connectivity index is 1.28. The van der Waals surface area contributed by atoms with Crippen LogP contribution in [-0.2, 0) is 0 Å². The molecule has 1 aromatic heterocycles. The van der Waals surface area contributed by atoms with Crippen LogP contribution >= 0.6 is 0 Å². The van der Waals surface area contributed by atoms with Crippen LogP contribution in [0.25, 0.3) is 11.1 Å². The zero-order chi connectivity index (χ0) is 24.1. The van der Waals surface area contributed by atoms with E-state index in [2.05, 4.69) is 15.6 Å². The van der Waals surface area contributed by atoms with Crippen molar-refractivity contribution in [1.29, 1.82) is 0 Å². The second kappa shape index (κ2) is 10.4. The first-order valence-corrected chi connectivity index (χ1v) is 11.2. The molecule has 0 spiro atoms. The van der Waals surface area contributed by atoms with Crippen molar-refractivity contribution in [3.8, 4) is 11.1 Å². The van der Waals surface area contributed by atoms with Crippen molar-refractivity contribution in [2.24, 2.45) is 0 Å². The average molecular weight is 465 g/mol. The molecule has 34 heavy (non-hydrogen) atoms. The van der Waals surface area contributed by atoms with Crippen LogP contribution in [0, 0.1) is 11.6 Å². The van der Waals surface area contributed by atoms with Crippen molar-refractivity contribution in [3.05, 3.63) is 84.2 Å². The van der Waals surface area contributed by atoms with Crippen molar-refractivity contribution in [2.45, 2.75) is 37.8 Å². The van der Waals surface area contributed by atoms with E-state index in [1.54, 1.807) is 60.7 Å². The molecule has 2 aromatic carbocycles. The molecule has 0 atom stereocenters. The number of rotatable bonds is 5. The standard InChI is InChI=1S/C26H26F2N4O2/c1-32(24-8-6-22(7-9-24)30-25(33)18-10-12-29-13-11-18)26(34)31-23-4-2-17(3-5-23)19-14-20(27)16-21(28)15-19/h2-5,10-16,22,24H,6-9H2,1H3,(H,30,33)(H,31,34). The molecule has 0 radical (unpaired) electrons. The number of carbonyl (C=O) groups excluding carboxylic acids is 2. The van der Waals surface area contributed by atoms with Gasteiger partial charge >= 0.3 is 6.03 Å². The monoisotopic (exact) mass is 464 g/mol. The number of urea groups is 1. The first kappa shape index (κ1) is 23.4. The average Bonchev–Trinajstić information content (AvgIpc) is 2.84. The zero-order valence-electron chi connectivity index (χ0n) is 18.8. The van der Waals surface area contributed by atoms with E-state index in [1.165, 1.54) is 12.1 Å². The Labute approximate surface area is 197 Å². The van der Waals surface area contributed by atoms with E-state index in [-0.39, 0.29) is 24.0 Å². The summed E-state index contributed by atoms with van der Waals surface area (Å²) >= 11 is 0. The number of hydrogen-bond acceptors (Lipinski definition) is 3. The predicted molar refractivity (Wildman–Crippen MR) is 126 cm³/mol. The molecule has 3 amide bonds. The van der Waals surface area contributed by atoms with Crippen molar-refractivity contribution < 1.29 is 18.4 Å². The largest absolute Gasteiger partial charge is 0.349 e. The molecule has 1 saturated carbocycles. The molecule has 1 aliphatic rings. The highest BCUT2D eigenvalue weighted by Crippen LogP contribution is 2.25. The summed E-state index contributed by atoms with van der Waals surface area (Å²) in [6.07, 6.45) is 6.34. The summed E-state index contributed by atoms with van der Waals surface area (Å²) in [6.45, 7) is 0. The maximum atomic E-state index is 13.5. The van der Waals surface area contributed by atoms with Crippen LogP contribution in [0.2, 0.25) is 0 Å². The van der Waals surface area contributed by atoms with E-state index in [1.807, 2.05) is 0 Å². The lowest BCUT2D eigenvalue weighted by atomic mass is 9.90. The van der Waals surface area contributed by atoms with Crippen LogP contribution in [0.4, 0.5) is 19.3 Å². The Morgan fingerprint density at radius 1 is 0.882 bits per heavy atom. The Kier molecular flexibility index (Phi) is 7.15. The molecule has 1 heterocycles. The van der Waals surface area contributed by atoms with E-state index in [0.717, 1.165) is 31.7 Å². The number of nitrogens with one attached hydrogen (secondary N) is 2. The zero-order valence-corrected chi connectivity index (χ0v) is 18.8. The number of pyridine rings is 1. The van der Waals surface area contributed by atoms with Crippen LogP contribution in [0.1, 0.15) is 36.0 Å². The number of aromatic nitrogens is 1. The van der Waals surface area contributed by atoms with Gasteiger partial charge in [0.15, 0.2) is 0 Å². The van der Waals surface area contributed by atoms with Gasteiger partial charge in [-0.1, -0.05) is 12.1 Å². The number of halogens is 2. The van der Waals surface area contributed by atoms with Gasteiger partial charge in [-0.05, 0) is 73.2 Å². The predicted octanol–water partition coefficient (Wildman–Crippen LogP) is 5.23. The molecule has 1 fully saturated rings. The summed E-state index contributed by atoms with van der Waals surface area (Å²) in [7, 11) is 1.76. The van der Waals surface area contributed by atoms with Crippen LogP contribution in [0.15, 0.2) is 67.0 Å². The second-order valence-electron chi connectivity index (χ2n) is 8.49. The lowest BCUT2D eigenvalue weighted by Crippen LogP contribution is -2.45. The second-order valence-corrected chi connectivity index (χ2v) is 8.49. The molecule has 6 nitrogen and oxygen atoms in total. The highest BCUT2D eigenvalue weighted by atomic mass is 19.1. The molecular formula is C26H26F2N4O2. The molecule has 8 heteroatoms. The molecular weight excluding hydrogens is 438 g/mol. The third kappa shape index (κ3) is 5.75. The van der Waals surface area contributed by atoms with Gasteiger partial charge in [-0.25, -0.2) is 13.6 Å². The number of amides is 3. The highest BCUT2D eigenvalue weighted by Gasteiger charge is 2.27. The fourth-order valence-electron chi connectivity index (χ4n) is 4.22. The van der Waals surface area contributed by atoms with Gasteiger partial charge in [0.25, 0.3) is 5.91 Å². The Hall–Kier alpha value is -3.81. The minimum Gasteiger partial charge on any atom is -0.349 e. The van der Waals surface area contributed by atoms with Gasteiger partial charge < -0.3 is 15.5 Å². The van der Waals surface area contributed by atoms with Crippen molar-refractivity contribution >= 4 is 17.6 Å². The van der Waals surface area contributed by atoms with Crippen LogP contribution < -0.4 is 10.6 Å². The molecule has 0 saturated heterocycles. The molecule has 176 valence electrons. The summed E-state index contributed by atoms with van der Waals surface area (Å²) in [5.74, 6) is -1.39. The molecule has 0 unspecified atom stereocenters. The quantitative estimate of drug-likeness (QED) is 0.543. The van der Waals surface area contributed by atoms with Crippen LogP contribution in [0.3, 0.4) is 0 Å². The molecule has 1 aliphatic carbocycles. The third-order valence-corrected chi connectivity index (χ3v) is 6.17. The molecule has 0 aliphatic heterocycles. The topological polar surface area (TPSA) is 74.3 Å². The van der Waals surface area contributed by atoms with Crippen molar-refractivity contribution in [2.75, 3.05) is 12.4 Å². The molecule has 2 N–H and O–H groups in total. The van der Waals surface area contributed by atoms with Gasteiger partial charge in [0, 0.05) is 48.8 Å². The highest BCUT2D eigenvalue weighted by molar-refractivity contribution is 5.94. The van der Waals surface area contributed by atoms with Gasteiger partial charge in [0.1, 0.15) is 11.6 Å². The van der Waals surface area contributed by atoms with Crippen LogP contribution in [0.5, 0.6) is 0 Å². The minimum absolute atomic E-state index is 0.0728. The summed E-state index contributed by atoms with van der Waals surface area (Å²) in [6, 6.07) is 13.5. The number of carbonyl (C=O) groups is 2. The molecule has 3 aromatic rings. The minimum atomic E-state index is -0.638. The summed E-state index contributed by atoms with van der Waals surface area (Å²) in [4.78, 5) is 30.7. The van der Waals surface area contributed by atoms with E-state index < -0.39 is 11.6 Å². The van der Waals surface area contributed by atoms with E-state index in [4.69, 9.17) is 0 Å². The Bertz CT molecular complexity index is 1130. The fourth-order valence-corrected chi connectivity index (χ4v) is 4.22. The normalized spacial score (nSPS) is 17.6. The lowest BCUT2D eigenvalue weighted by Gasteiger charge is -2.35. The van der Waals surface area contributed by atoms with Gasteiger partial charge in [-0.3, -0.25) is 9.78 Å². The van der Waals surface area contributed by atoms with Gasteiger partial charge in [0.2, 0.25) is 0 Å². The maximum absolute atomic E-state index is 13.5. The number of hydrogen-bond donors (Lipinski definition) is 2. The Morgan fingerprint density at radius 3 is 2.12 bits per heavy atom. The van der Waals surface area contributed by atoms with Gasteiger partial charge in [-0.2, -0.15) is 0 Å². The van der Waals surface area contributed by atoms with E-state index in [9.17, 15) is 18.4 Å². The summed E-state index contributed by atoms with van der Waals surface area (Å²) in [5, 5.41) is 5.93. The molecule has 4 rings (SSSR count). The summed E-state index contributed by atoms with van der Waals surface area (Å²) in [5.41, 5.74) is 2.26. The summed E-state index contributed by atoms with van der Waals surface area (Å²) < 4.78 is 26.9. The maximum Gasteiger partial charge on any atom is 0.321 e. The van der Waals surface area contributed by atoms with E-state index in [0.29, 0.717) is 22.4 Å². The van der Waals surface area contributed by atoms with Gasteiger partial charge in [-0.15, -0.1) is 0 Å². The number of nitrogens with zero attached hydrogens (tertiary/aromatic N) is 2.